The first-order chi connectivity index (χ1) is 9.13. The Bertz CT molecular complexity index is 420. The van der Waals surface area contributed by atoms with E-state index in [4.69, 9.17) is 4.74 Å². The van der Waals surface area contributed by atoms with Crippen molar-refractivity contribution in [1.29, 1.82) is 0 Å². The van der Waals surface area contributed by atoms with Crippen molar-refractivity contribution in [2.24, 2.45) is 0 Å². The van der Waals surface area contributed by atoms with Crippen LogP contribution >= 0.6 is 0 Å². The van der Waals surface area contributed by atoms with Gasteiger partial charge in [0.05, 0.1) is 6.61 Å². The topological polar surface area (TPSA) is 78.5 Å². The molecule has 1 N–H and O–H groups in total. The number of benzene rings is 1. The Morgan fingerprint density at radius 1 is 1.25 bits per heavy atom. The number of unbranched alkanes of at least 4 members (excludes halogenated alkanes) is 1. The smallest absolute Gasteiger partial charge is 0.550 e. The Kier molecular flexibility index (Phi) is 9.61. The van der Waals surface area contributed by atoms with E-state index in [0.717, 1.165) is 18.6 Å². The summed E-state index contributed by atoms with van der Waals surface area (Å²) in [5.41, 5.74) is 0.473. The molecule has 0 radical (unpaired) electrons. The number of carbonyl (C=O) groups excluding carboxylic acids is 2. The molecular formula is C14H18LiNO4. The van der Waals surface area contributed by atoms with Crippen LogP contribution in [-0.4, -0.2) is 25.0 Å². The number of carboxylic acid groups (broad SMARTS) is 1. The van der Waals surface area contributed by atoms with E-state index in [-0.39, 0.29) is 37.7 Å². The molecule has 1 rings (SSSR count). The van der Waals surface area contributed by atoms with Crippen molar-refractivity contribution in [3.8, 4) is 5.75 Å². The third-order valence-corrected chi connectivity index (χ3v) is 2.50. The van der Waals surface area contributed by atoms with Crippen LogP contribution in [0.5, 0.6) is 5.75 Å². The quantitative estimate of drug-likeness (QED) is 0.427. The molecule has 0 aromatic heterocycles. The average molecular weight is 271 g/mol. The van der Waals surface area contributed by atoms with Gasteiger partial charge in [-0.3, -0.25) is 4.79 Å². The molecule has 1 amide bonds. The summed E-state index contributed by atoms with van der Waals surface area (Å²) in [4.78, 5) is 21.8. The fourth-order valence-corrected chi connectivity index (χ4v) is 1.42. The SMILES string of the molecule is CCCCOc1ccc(C(=O)NCCC(=O)[O-])cc1.[Li+]. The number of aliphatic carboxylic acids is 1. The first kappa shape index (κ1) is 18.6. The summed E-state index contributed by atoms with van der Waals surface area (Å²) in [6.45, 7) is 2.81. The van der Waals surface area contributed by atoms with Gasteiger partial charge < -0.3 is 20.0 Å². The maximum Gasteiger partial charge on any atom is 1.00 e. The average Bonchev–Trinajstić information content (AvgIpc) is 2.39. The standard InChI is InChI=1S/C14H19NO4.Li/c1-2-3-10-19-12-6-4-11(5-7-12)14(18)15-9-8-13(16)17;/h4-7H,2-3,8-10H2,1H3,(H,15,18)(H,16,17);/q;+1/p-1. The summed E-state index contributed by atoms with van der Waals surface area (Å²) in [5, 5.41) is 12.7. The molecule has 1 aromatic rings. The molecule has 0 atom stereocenters. The van der Waals surface area contributed by atoms with Crippen molar-refractivity contribution < 1.29 is 38.3 Å². The molecule has 104 valence electrons. The zero-order valence-electron chi connectivity index (χ0n) is 12.0. The van der Waals surface area contributed by atoms with Gasteiger partial charge in [-0.2, -0.15) is 0 Å². The molecule has 0 unspecified atom stereocenters. The van der Waals surface area contributed by atoms with Gasteiger partial charge in [0.2, 0.25) is 0 Å². The molecule has 6 heteroatoms. The van der Waals surface area contributed by atoms with Crippen LogP contribution < -0.4 is 34.0 Å². The van der Waals surface area contributed by atoms with Crippen LogP contribution in [0.25, 0.3) is 0 Å². The second-order valence-corrected chi connectivity index (χ2v) is 4.10. The third kappa shape index (κ3) is 7.22. The summed E-state index contributed by atoms with van der Waals surface area (Å²) in [6.07, 6.45) is 1.87. The van der Waals surface area contributed by atoms with Gasteiger partial charge >= 0.3 is 18.9 Å². The minimum absolute atomic E-state index is 0. The predicted octanol–water partition coefficient (Wildman–Crippen LogP) is -2.26. The Morgan fingerprint density at radius 2 is 1.90 bits per heavy atom. The Labute approximate surface area is 130 Å². The van der Waals surface area contributed by atoms with Gasteiger partial charge in [0.1, 0.15) is 5.75 Å². The zero-order chi connectivity index (χ0) is 14.1. The molecule has 0 bridgehead atoms. The largest absolute Gasteiger partial charge is 1.00 e. The second kappa shape index (κ2) is 10.4. The number of hydrogen-bond donors (Lipinski definition) is 1. The first-order valence-corrected chi connectivity index (χ1v) is 6.34. The molecular weight excluding hydrogens is 253 g/mol. The van der Waals surface area contributed by atoms with Crippen molar-refractivity contribution in [2.75, 3.05) is 13.2 Å². The number of amides is 1. The van der Waals surface area contributed by atoms with E-state index in [0.29, 0.717) is 12.2 Å². The number of carbonyl (C=O) groups is 2. The molecule has 20 heavy (non-hydrogen) atoms. The van der Waals surface area contributed by atoms with Crippen LogP contribution in [0.2, 0.25) is 0 Å². The van der Waals surface area contributed by atoms with E-state index in [2.05, 4.69) is 12.2 Å². The van der Waals surface area contributed by atoms with Crippen LogP contribution in [0, 0.1) is 0 Å². The normalized spacial score (nSPS) is 9.45. The van der Waals surface area contributed by atoms with Gasteiger partial charge in [-0.05, 0) is 30.7 Å². The second-order valence-electron chi connectivity index (χ2n) is 4.10. The van der Waals surface area contributed by atoms with Crippen LogP contribution in [0.4, 0.5) is 0 Å². The van der Waals surface area contributed by atoms with Crippen molar-refractivity contribution >= 4 is 11.9 Å². The minimum Gasteiger partial charge on any atom is -0.550 e. The van der Waals surface area contributed by atoms with Crippen molar-refractivity contribution in [2.45, 2.75) is 26.2 Å². The summed E-state index contributed by atoms with van der Waals surface area (Å²) in [6, 6.07) is 6.75. The van der Waals surface area contributed by atoms with Crippen LogP contribution in [-0.2, 0) is 4.79 Å². The van der Waals surface area contributed by atoms with E-state index in [1.165, 1.54) is 0 Å². The van der Waals surface area contributed by atoms with Gasteiger partial charge in [0.15, 0.2) is 0 Å². The van der Waals surface area contributed by atoms with E-state index in [1.807, 2.05) is 0 Å². The van der Waals surface area contributed by atoms with Gasteiger partial charge in [-0.1, -0.05) is 13.3 Å². The third-order valence-electron chi connectivity index (χ3n) is 2.50. The van der Waals surface area contributed by atoms with Gasteiger partial charge in [-0.25, -0.2) is 0 Å². The molecule has 0 saturated heterocycles. The Balaban J connectivity index is 0.00000361. The summed E-state index contributed by atoms with van der Waals surface area (Å²) in [5.74, 6) is -0.763. The monoisotopic (exact) mass is 271 g/mol. The van der Waals surface area contributed by atoms with E-state index >= 15 is 0 Å². The molecule has 0 aliphatic carbocycles. The van der Waals surface area contributed by atoms with Crippen molar-refractivity contribution in [3.05, 3.63) is 29.8 Å². The Hall–Kier alpha value is -1.44. The van der Waals surface area contributed by atoms with Crippen molar-refractivity contribution in [3.63, 3.8) is 0 Å². The van der Waals surface area contributed by atoms with E-state index in [9.17, 15) is 14.7 Å². The predicted molar refractivity (Wildman–Crippen MR) is 68.8 cm³/mol. The van der Waals surface area contributed by atoms with Gasteiger partial charge in [-0.15, -0.1) is 0 Å². The van der Waals surface area contributed by atoms with Crippen LogP contribution in [0.1, 0.15) is 36.5 Å². The first-order valence-electron chi connectivity index (χ1n) is 6.34. The van der Waals surface area contributed by atoms with E-state index in [1.54, 1.807) is 24.3 Å². The minimum atomic E-state index is -1.18. The maximum atomic E-state index is 11.6. The number of ether oxygens (including phenoxy) is 1. The van der Waals surface area contributed by atoms with Crippen molar-refractivity contribution in [1.82, 2.24) is 5.32 Å². The molecule has 0 aliphatic rings. The number of nitrogens with one attached hydrogen (secondary N) is 1. The molecule has 0 aliphatic heterocycles. The molecule has 0 fully saturated rings. The van der Waals surface area contributed by atoms with Crippen LogP contribution in [0.3, 0.4) is 0 Å². The van der Waals surface area contributed by atoms with E-state index < -0.39 is 5.97 Å². The Morgan fingerprint density at radius 3 is 2.45 bits per heavy atom. The number of rotatable bonds is 8. The van der Waals surface area contributed by atoms with Gasteiger partial charge in [0.25, 0.3) is 5.91 Å². The zero-order valence-corrected chi connectivity index (χ0v) is 12.0. The fourth-order valence-electron chi connectivity index (χ4n) is 1.42. The summed E-state index contributed by atoms with van der Waals surface area (Å²) >= 11 is 0. The molecule has 1 aromatic carbocycles. The van der Waals surface area contributed by atoms with Gasteiger partial charge in [0, 0.05) is 24.5 Å². The number of carboxylic acids is 1. The summed E-state index contributed by atoms with van der Waals surface area (Å²) in [7, 11) is 0. The molecule has 0 saturated carbocycles. The maximum absolute atomic E-state index is 11.6. The fraction of sp³-hybridized carbons (Fsp3) is 0.429. The molecule has 0 spiro atoms. The number of hydrogen-bond acceptors (Lipinski definition) is 4. The van der Waals surface area contributed by atoms with Crippen LogP contribution in [0.15, 0.2) is 24.3 Å². The summed E-state index contributed by atoms with van der Waals surface area (Å²) < 4.78 is 5.48. The molecule has 5 nitrogen and oxygen atoms in total. The molecule has 0 heterocycles.